The second-order valence-electron chi connectivity index (χ2n) is 5.94. The quantitative estimate of drug-likeness (QED) is 0.759. The van der Waals surface area contributed by atoms with Gasteiger partial charge in [0.1, 0.15) is 5.75 Å². The molecule has 0 saturated carbocycles. The fourth-order valence-electron chi connectivity index (χ4n) is 2.73. The van der Waals surface area contributed by atoms with Crippen molar-refractivity contribution in [1.29, 1.82) is 0 Å². The monoisotopic (exact) mass is 344 g/mol. The van der Waals surface area contributed by atoms with E-state index in [0.29, 0.717) is 23.5 Å². The SMILES string of the molecule is CCCOc1ccc(C(Cc2cccc(OC)c2O)C(=O)O)cc1C. The Morgan fingerprint density at radius 1 is 1.20 bits per heavy atom. The first-order valence-electron chi connectivity index (χ1n) is 8.28. The number of phenols is 1. The highest BCUT2D eigenvalue weighted by Gasteiger charge is 2.23. The first-order chi connectivity index (χ1) is 12.0. The summed E-state index contributed by atoms with van der Waals surface area (Å²) in [7, 11) is 1.46. The van der Waals surface area contributed by atoms with E-state index in [9.17, 15) is 15.0 Å². The van der Waals surface area contributed by atoms with Crippen molar-refractivity contribution in [2.75, 3.05) is 13.7 Å². The molecule has 0 saturated heterocycles. The molecule has 0 fully saturated rings. The van der Waals surface area contributed by atoms with Crippen LogP contribution in [0, 0.1) is 6.92 Å². The summed E-state index contributed by atoms with van der Waals surface area (Å²) in [5.74, 6) is -0.628. The minimum atomic E-state index is -0.941. The highest BCUT2D eigenvalue weighted by molar-refractivity contribution is 5.77. The number of carboxylic acids is 1. The molecular formula is C20H24O5. The second kappa shape index (κ2) is 8.42. The molecule has 0 heterocycles. The predicted molar refractivity (Wildman–Crippen MR) is 95.7 cm³/mol. The third kappa shape index (κ3) is 4.44. The van der Waals surface area contributed by atoms with Gasteiger partial charge in [0.2, 0.25) is 0 Å². The number of methoxy groups -OCH3 is 1. The molecule has 1 unspecified atom stereocenters. The molecule has 0 aliphatic carbocycles. The summed E-state index contributed by atoms with van der Waals surface area (Å²) < 4.78 is 10.7. The number of ether oxygens (including phenoxy) is 2. The number of carboxylic acid groups (broad SMARTS) is 1. The van der Waals surface area contributed by atoms with Crippen molar-refractivity contribution >= 4 is 5.97 Å². The summed E-state index contributed by atoms with van der Waals surface area (Å²) >= 11 is 0. The molecule has 2 aromatic rings. The number of aliphatic carboxylic acids is 1. The van der Waals surface area contributed by atoms with Crippen LogP contribution in [0.2, 0.25) is 0 Å². The van der Waals surface area contributed by atoms with Gasteiger partial charge in [-0.1, -0.05) is 31.2 Å². The Labute approximate surface area is 147 Å². The predicted octanol–water partition coefficient (Wildman–Crippen LogP) is 3.91. The summed E-state index contributed by atoms with van der Waals surface area (Å²) in [6, 6.07) is 10.5. The van der Waals surface area contributed by atoms with Gasteiger partial charge in [0.15, 0.2) is 11.5 Å². The van der Waals surface area contributed by atoms with Crippen molar-refractivity contribution in [2.45, 2.75) is 32.6 Å². The molecule has 0 amide bonds. The van der Waals surface area contributed by atoms with Crippen LogP contribution in [-0.4, -0.2) is 29.9 Å². The van der Waals surface area contributed by atoms with Gasteiger partial charge in [-0.25, -0.2) is 0 Å². The van der Waals surface area contributed by atoms with E-state index in [1.165, 1.54) is 7.11 Å². The molecule has 2 rings (SSSR count). The van der Waals surface area contributed by atoms with Crippen molar-refractivity contribution in [3.63, 3.8) is 0 Å². The number of aryl methyl sites for hydroxylation is 1. The molecule has 0 bridgehead atoms. The molecule has 134 valence electrons. The number of benzene rings is 2. The molecule has 2 aromatic carbocycles. The van der Waals surface area contributed by atoms with Crippen LogP contribution in [0.5, 0.6) is 17.2 Å². The molecule has 0 aliphatic heterocycles. The van der Waals surface area contributed by atoms with Crippen molar-refractivity contribution < 1.29 is 24.5 Å². The zero-order valence-corrected chi connectivity index (χ0v) is 14.8. The standard InChI is InChI=1S/C20H24O5/c1-4-10-25-17-9-8-14(11-13(17)2)16(20(22)23)12-15-6-5-7-18(24-3)19(15)21/h5-9,11,16,21H,4,10,12H2,1-3H3,(H,22,23). The molecule has 25 heavy (non-hydrogen) atoms. The van der Waals surface area contributed by atoms with Crippen molar-refractivity contribution in [3.8, 4) is 17.2 Å². The van der Waals surface area contributed by atoms with Gasteiger partial charge in [-0.3, -0.25) is 4.79 Å². The van der Waals surface area contributed by atoms with Crippen LogP contribution in [0.1, 0.15) is 36.0 Å². The topological polar surface area (TPSA) is 76.0 Å². The summed E-state index contributed by atoms with van der Waals surface area (Å²) in [6.07, 6.45) is 1.08. The van der Waals surface area contributed by atoms with Gasteiger partial charge in [-0.05, 0) is 48.6 Å². The molecule has 0 aliphatic rings. The first kappa shape index (κ1) is 18.6. The van der Waals surface area contributed by atoms with E-state index in [0.717, 1.165) is 17.7 Å². The van der Waals surface area contributed by atoms with Crippen LogP contribution < -0.4 is 9.47 Å². The van der Waals surface area contributed by atoms with Gasteiger partial charge in [0.05, 0.1) is 19.6 Å². The Morgan fingerprint density at radius 3 is 2.56 bits per heavy atom. The van der Waals surface area contributed by atoms with Gasteiger partial charge in [-0.15, -0.1) is 0 Å². The lowest BCUT2D eigenvalue weighted by Gasteiger charge is -2.17. The number of aromatic hydroxyl groups is 1. The lowest BCUT2D eigenvalue weighted by Crippen LogP contribution is -2.15. The number of hydrogen-bond acceptors (Lipinski definition) is 4. The van der Waals surface area contributed by atoms with E-state index in [2.05, 4.69) is 0 Å². The van der Waals surface area contributed by atoms with E-state index >= 15 is 0 Å². The molecule has 0 radical (unpaired) electrons. The summed E-state index contributed by atoms with van der Waals surface area (Å²) in [5, 5.41) is 19.9. The van der Waals surface area contributed by atoms with Gasteiger partial charge in [0.25, 0.3) is 0 Å². The summed E-state index contributed by atoms with van der Waals surface area (Å²) in [6.45, 7) is 4.56. The minimum Gasteiger partial charge on any atom is -0.504 e. The molecule has 0 spiro atoms. The summed E-state index contributed by atoms with van der Waals surface area (Å²) in [5.41, 5.74) is 2.11. The number of phenolic OH excluding ortho intramolecular Hbond substituents is 1. The van der Waals surface area contributed by atoms with Crippen molar-refractivity contribution in [3.05, 3.63) is 53.1 Å². The third-order valence-electron chi connectivity index (χ3n) is 4.09. The van der Waals surface area contributed by atoms with E-state index < -0.39 is 11.9 Å². The van der Waals surface area contributed by atoms with Crippen LogP contribution in [0.4, 0.5) is 0 Å². The van der Waals surface area contributed by atoms with E-state index in [1.54, 1.807) is 24.3 Å². The van der Waals surface area contributed by atoms with E-state index in [4.69, 9.17) is 9.47 Å². The number of hydrogen-bond donors (Lipinski definition) is 2. The highest BCUT2D eigenvalue weighted by Crippen LogP contribution is 2.34. The lowest BCUT2D eigenvalue weighted by molar-refractivity contribution is -0.138. The van der Waals surface area contributed by atoms with Crippen LogP contribution in [0.3, 0.4) is 0 Å². The Balaban J connectivity index is 2.30. The number of carbonyl (C=O) groups is 1. The maximum Gasteiger partial charge on any atom is 0.311 e. The Kier molecular flexibility index (Phi) is 6.28. The maximum absolute atomic E-state index is 11.8. The largest absolute Gasteiger partial charge is 0.504 e. The molecule has 5 nitrogen and oxygen atoms in total. The smallest absolute Gasteiger partial charge is 0.311 e. The van der Waals surface area contributed by atoms with Gasteiger partial charge in [0, 0.05) is 0 Å². The van der Waals surface area contributed by atoms with Gasteiger partial charge in [-0.2, -0.15) is 0 Å². The molecule has 0 aromatic heterocycles. The average molecular weight is 344 g/mol. The molecule has 5 heteroatoms. The molecule has 1 atom stereocenters. The van der Waals surface area contributed by atoms with Crippen LogP contribution in [-0.2, 0) is 11.2 Å². The zero-order chi connectivity index (χ0) is 18.4. The third-order valence-corrected chi connectivity index (χ3v) is 4.09. The maximum atomic E-state index is 11.8. The normalized spacial score (nSPS) is 11.8. The fraction of sp³-hybridized carbons (Fsp3) is 0.350. The Morgan fingerprint density at radius 2 is 1.96 bits per heavy atom. The van der Waals surface area contributed by atoms with Gasteiger partial charge < -0.3 is 19.7 Å². The lowest BCUT2D eigenvalue weighted by atomic mass is 9.90. The fourth-order valence-corrected chi connectivity index (χ4v) is 2.73. The Bertz CT molecular complexity index is 739. The first-order valence-corrected chi connectivity index (χ1v) is 8.28. The Hall–Kier alpha value is -2.69. The molecular weight excluding hydrogens is 320 g/mol. The van der Waals surface area contributed by atoms with Crippen LogP contribution in [0.15, 0.2) is 36.4 Å². The van der Waals surface area contributed by atoms with Crippen LogP contribution >= 0.6 is 0 Å². The van der Waals surface area contributed by atoms with Crippen molar-refractivity contribution in [1.82, 2.24) is 0 Å². The summed E-state index contributed by atoms with van der Waals surface area (Å²) in [4.78, 5) is 11.8. The average Bonchev–Trinajstić information content (AvgIpc) is 2.59. The number of rotatable bonds is 8. The zero-order valence-electron chi connectivity index (χ0n) is 14.8. The minimum absolute atomic E-state index is 0.0177. The van der Waals surface area contributed by atoms with Crippen molar-refractivity contribution in [2.24, 2.45) is 0 Å². The van der Waals surface area contributed by atoms with E-state index in [-0.39, 0.29) is 12.2 Å². The number of para-hydroxylation sites is 1. The van der Waals surface area contributed by atoms with Crippen LogP contribution in [0.25, 0.3) is 0 Å². The van der Waals surface area contributed by atoms with Gasteiger partial charge >= 0.3 is 5.97 Å². The van der Waals surface area contributed by atoms with E-state index in [1.807, 2.05) is 26.0 Å². The second-order valence-corrected chi connectivity index (χ2v) is 5.94. The molecule has 2 N–H and O–H groups in total. The highest BCUT2D eigenvalue weighted by atomic mass is 16.5.